The average Bonchev–Trinajstić information content (AvgIpc) is 2.89. The summed E-state index contributed by atoms with van der Waals surface area (Å²) in [5.41, 5.74) is 0. The lowest BCUT2D eigenvalue weighted by Crippen LogP contribution is -2.38. The maximum atomic E-state index is 9.91. The molecular weight excluding hydrogens is 216 g/mol. The number of ether oxygens (including phenoxy) is 2. The summed E-state index contributed by atoms with van der Waals surface area (Å²) in [4.78, 5) is 0. The highest BCUT2D eigenvalue weighted by molar-refractivity contribution is 4.95. The third-order valence-electron chi connectivity index (χ3n) is 4.42. The van der Waals surface area contributed by atoms with Crippen molar-refractivity contribution in [2.75, 3.05) is 13.2 Å². The molecule has 17 heavy (non-hydrogen) atoms. The second kappa shape index (κ2) is 5.68. The van der Waals surface area contributed by atoms with E-state index in [2.05, 4.69) is 6.92 Å². The van der Waals surface area contributed by atoms with Gasteiger partial charge in [-0.2, -0.15) is 0 Å². The SMILES string of the molecule is CCCCCC1C(C(C)O)CCC12OCCO2. The molecule has 1 heterocycles. The number of aliphatic hydroxyl groups is 1. The van der Waals surface area contributed by atoms with E-state index in [1.165, 1.54) is 19.3 Å². The van der Waals surface area contributed by atoms with E-state index in [0.29, 0.717) is 11.8 Å². The van der Waals surface area contributed by atoms with Crippen LogP contribution in [0.3, 0.4) is 0 Å². The minimum atomic E-state index is -0.352. The molecule has 1 N–H and O–H groups in total. The fourth-order valence-corrected chi connectivity index (χ4v) is 3.54. The Bertz CT molecular complexity index is 234. The van der Waals surface area contributed by atoms with E-state index < -0.39 is 0 Å². The molecule has 3 unspecified atom stereocenters. The Kier molecular flexibility index (Phi) is 4.45. The van der Waals surface area contributed by atoms with Gasteiger partial charge in [0.25, 0.3) is 0 Å². The molecule has 2 rings (SSSR count). The Balaban J connectivity index is 2.01. The summed E-state index contributed by atoms with van der Waals surface area (Å²) < 4.78 is 11.8. The topological polar surface area (TPSA) is 38.7 Å². The molecule has 0 aromatic carbocycles. The van der Waals surface area contributed by atoms with Crippen molar-refractivity contribution in [3.8, 4) is 0 Å². The van der Waals surface area contributed by atoms with Crippen molar-refractivity contribution in [1.29, 1.82) is 0 Å². The Morgan fingerprint density at radius 2 is 2.00 bits per heavy atom. The molecule has 2 aliphatic rings. The van der Waals surface area contributed by atoms with Crippen molar-refractivity contribution >= 4 is 0 Å². The van der Waals surface area contributed by atoms with Crippen LogP contribution >= 0.6 is 0 Å². The first-order valence-corrected chi connectivity index (χ1v) is 7.15. The highest BCUT2D eigenvalue weighted by atomic mass is 16.7. The van der Waals surface area contributed by atoms with Crippen molar-refractivity contribution in [1.82, 2.24) is 0 Å². The molecule has 3 heteroatoms. The molecule has 1 saturated carbocycles. The van der Waals surface area contributed by atoms with Crippen molar-refractivity contribution in [3.05, 3.63) is 0 Å². The first kappa shape index (κ1) is 13.3. The molecule has 0 aromatic rings. The maximum absolute atomic E-state index is 9.91. The van der Waals surface area contributed by atoms with Crippen LogP contribution in [0.4, 0.5) is 0 Å². The van der Waals surface area contributed by atoms with Gasteiger partial charge in [0.2, 0.25) is 0 Å². The Morgan fingerprint density at radius 1 is 1.29 bits per heavy atom. The van der Waals surface area contributed by atoms with Gasteiger partial charge in [0.15, 0.2) is 5.79 Å². The Hall–Kier alpha value is -0.120. The molecule has 3 atom stereocenters. The van der Waals surface area contributed by atoms with Gasteiger partial charge in [-0.25, -0.2) is 0 Å². The van der Waals surface area contributed by atoms with E-state index in [1.54, 1.807) is 0 Å². The zero-order chi connectivity index (χ0) is 12.3. The van der Waals surface area contributed by atoms with Crippen molar-refractivity contribution < 1.29 is 14.6 Å². The zero-order valence-electron chi connectivity index (χ0n) is 11.2. The second-order valence-electron chi connectivity index (χ2n) is 5.55. The van der Waals surface area contributed by atoms with Gasteiger partial charge in [-0.3, -0.25) is 0 Å². The molecule has 0 aromatic heterocycles. The van der Waals surface area contributed by atoms with Gasteiger partial charge in [0.05, 0.1) is 19.3 Å². The van der Waals surface area contributed by atoms with E-state index in [0.717, 1.165) is 32.5 Å². The monoisotopic (exact) mass is 242 g/mol. The lowest BCUT2D eigenvalue weighted by atomic mass is 9.85. The first-order chi connectivity index (χ1) is 8.19. The number of hydrogen-bond acceptors (Lipinski definition) is 3. The molecule has 1 aliphatic heterocycles. The highest BCUT2D eigenvalue weighted by Crippen LogP contribution is 2.49. The zero-order valence-corrected chi connectivity index (χ0v) is 11.2. The smallest absolute Gasteiger partial charge is 0.171 e. The quantitative estimate of drug-likeness (QED) is 0.753. The van der Waals surface area contributed by atoms with Crippen LogP contribution in [0.15, 0.2) is 0 Å². The third kappa shape index (κ3) is 2.67. The summed E-state index contributed by atoms with van der Waals surface area (Å²) in [5.74, 6) is 0.386. The van der Waals surface area contributed by atoms with E-state index in [-0.39, 0.29) is 11.9 Å². The number of hydrogen-bond donors (Lipinski definition) is 1. The lowest BCUT2D eigenvalue weighted by molar-refractivity contribution is -0.191. The van der Waals surface area contributed by atoms with Crippen LogP contribution in [0.1, 0.15) is 52.4 Å². The normalized spacial score (nSPS) is 33.4. The molecule has 3 nitrogen and oxygen atoms in total. The summed E-state index contributed by atoms with van der Waals surface area (Å²) in [7, 11) is 0. The molecule has 2 fully saturated rings. The fraction of sp³-hybridized carbons (Fsp3) is 1.00. The van der Waals surface area contributed by atoms with E-state index in [1.807, 2.05) is 6.92 Å². The lowest BCUT2D eigenvalue weighted by Gasteiger charge is -2.33. The fourth-order valence-electron chi connectivity index (χ4n) is 3.54. The van der Waals surface area contributed by atoms with E-state index in [9.17, 15) is 5.11 Å². The highest BCUT2D eigenvalue weighted by Gasteiger charge is 2.53. The molecule has 100 valence electrons. The predicted molar refractivity (Wildman–Crippen MR) is 66.7 cm³/mol. The molecule has 1 aliphatic carbocycles. The summed E-state index contributed by atoms with van der Waals surface area (Å²) in [6, 6.07) is 0. The molecule has 1 saturated heterocycles. The van der Waals surface area contributed by atoms with Gasteiger partial charge in [-0.15, -0.1) is 0 Å². The minimum absolute atomic E-state index is 0.242. The number of aliphatic hydroxyl groups excluding tert-OH is 1. The third-order valence-corrected chi connectivity index (χ3v) is 4.42. The Labute approximate surface area is 104 Å². The summed E-state index contributed by atoms with van der Waals surface area (Å²) in [6.07, 6.45) is 6.60. The van der Waals surface area contributed by atoms with Crippen molar-refractivity contribution in [2.45, 2.75) is 64.3 Å². The number of rotatable bonds is 5. The van der Waals surface area contributed by atoms with Crippen LogP contribution in [0, 0.1) is 11.8 Å². The molecule has 1 spiro atoms. The van der Waals surface area contributed by atoms with Gasteiger partial charge in [-0.1, -0.05) is 26.2 Å². The van der Waals surface area contributed by atoms with Crippen LogP contribution in [-0.2, 0) is 9.47 Å². The Morgan fingerprint density at radius 3 is 2.59 bits per heavy atom. The largest absolute Gasteiger partial charge is 0.393 e. The molecular formula is C14H26O3. The average molecular weight is 242 g/mol. The van der Waals surface area contributed by atoms with Gasteiger partial charge in [-0.05, 0) is 25.7 Å². The van der Waals surface area contributed by atoms with Crippen LogP contribution < -0.4 is 0 Å². The first-order valence-electron chi connectivity index (χ1n) is 7.15. The second-order valence-corrected chi connectivity index (χ2v) is 5.55. The predicted octanol–water partition coefficient (Wildman–Crippen LogP) is 2.72. The van der Waals surface area contributed by atoms with Gasteiger partial charge >= 0.3 is 0 Å². The van der Waals surface area contributed by atoms with Crippen LogP contribution in [0.2, 0.25) is 0 Å². The van der Waals surface area contributed by atoms with Crippen LogP contribution in [0.25, 0.3) is 0 Å². The number of unbranched alkanes of at least 4 members (excludes halogenated alkanes) is 2. The minimum Gasteiger partial charge on any atom is -0.393 e. The molecule has 0 radical (unpaired) electrons. The van der Waals surface area contributed by atoms with E-state index >= 15 is 0 Å². The van der Waals surface area contributed by atoms with Gasteiger partial charge in [0, 0.05) is 12.3 Å². The maximum Gasteiger partial charge on any atom is 0.171 e. The molecule has 0 amide bonds. The van der Waals surface area contributed by atoms with Crippen LogP contribution in [0.5, 0.6) is 0 Å². The van der Waals surface area contributed by atoms with Crippen molar-refractivity contribution in [2.24, 2.45) is 11.8 Å². The molecule has 0 bridgehead atoms. The standard InChI is InChI=1S/C14H26O3/c1-3-4-5-6-13-12(11(2)15)7-8-14(13)16-9-10-17-14/h11-13,15H,3-10H2,1-2H3. The summed E-state index contributed by atoms with van der Waals surface area (Å²) in [6.45, 7) is 5.57. The van der Waals surface area contributed by atoms with Gasteiger partial charge in [0.1, 0.15) is 0 Å². The van der Waals surface area contributed by atoms with Crippen molar-refractivity contribution in [3.63, 3.8) is 0 Å². The summed E-state index contributed by atoms with van der Waals surface area (Å²) in [5, 5.41) is 9.91. The van der Waals surface area contributed by atoms with E-state index in [4.69, 9.17) is 9.47 Å². The van der Waals surface area contributed by atoms with Crippen LogP contribution in [-0.4, -0.2) is 30.2 Å². The summed E-state index contributed by atoms with van der Waals surface area (Å²) >= 11 is 0. The van der Waals surface area contributed by atoms with Gasteiger partial charge < -0.3 is 14.6 Å².